The molecule has 0 aromatic carbocycles. The number of nitrogens with zero attached hydrogens (tertiary/aromatic N) is 2. The van der Waals surface area contributed by atoms with Gasteiger partial charge in [0.25, 0.3) is 5.91 Å². The number of carbonyl (C=O) groups excluding carboxylic acids is 2. The summed E-state index contributed by atoms with van der Waals surface area (Å²) in [6, 6.07) is -0.173. The molecule has 0 spiro atoms. The van der Waals surface area contributed by atoms with Gasteiger partial charge in [-0.25, -0.2) is 4.98 Å². The summed E-state index contributed by atoms with van der Waals surface area (Å²) >= 11 is 1.37. The van der Waals surface area contributed by atoms with E-state index < -0.39 is 0 Å². The zero-order chi connectivity index (χ0) is 13.7. The normalized spacial score (nSPS) is 12.0. The number of hydrogen-bond acceptors (Lipinski definition) is 5. The van der Waals surface area contributed by atoms with E-state index in [-0.39, 0.29) is 24.3 Å². The van der Waals surface area contributed by atoms with Crippen LogP contribution < -0.4 is 11.1 Å². The Hall–Kier alpha value is -1.47. The summed E-state index contributed by atoms with van der Waals surface area (Å²) in [6.45, 7) is 2.19. The minimum absolute atomic E-state index is 0.0933. The lowest BCUT2D eigenvalue weighted by molar-refractivity contribution is -0.120. The van der Waals surface area contributed by atoms with Crippen molar-refractivity contribution in [1.82, 2.24) is 15.2 Å². The highest BCUT2D eigenvalue weighted by molar-refractivity contribution is 7.09. The van der Waals surface area contributed by atoms with E-state index in [1.165, 1.54) is 16.2 Å². The van der Waals surface area contributed by atoms with Crippen LogP contribution in [0.4, 0.5) is 0 Å². The Morgan fingerprint density at radius 3 is 2.78 bits per heavy atom. The maximum absolute atomic E-state index is 12.0. The molecule has 0 radical (unpaired) electrons. The first-order valence-corrected chi connectivity index (χ1v) is 6.50. The zero-order valence-corrected chi connectivity index (χ0v) is 11.6. The second-order valence-electron chi connectivity index (χ2n) is 4.01. The Morgan fingerprint density at radius 1 is 1.61 bits per heavy atom. The van der Waals surface area contributed by atoms with Gasteiger partial charge < -0.3 is 16.0 Å². The molecule has 1 unspecified atom stereocenters. The Bertz CT molecular complexity index is 430. The molecule has 3 N–H and O–H groups in total. The summed E-state index contributed by atoms with van der Waals surface area (Å²) < 4.78 is 0. The van der Waals surface area contributed by atoms with Gasteiger partial charge in [-0.2, -0.15) is 0 Å². The molecule has 2 amide bonds. The molecular formula is C11H18N4O2S. The first-order chi connectivity index (χ1) is 8.45. The molecule has 0 saturated carbocycles. The van der Waals surface area contributed by atoms with Crippen LogP contribution in [0.15, 0.2) is 5.38 Å². The SMILES string of the molecule is CNC(=O)CCN(C)C(=O)c1csc(C(C)N)n1. The zero-order valence-electron chi connectivity index (χ0n) is 10.8. The van der Waals surface area contributed by atoms with Gasteiger partial charge in [0.15, 0.2) is 0 Å². The highest BCUT2D eigenvalue weighted by Gasteiger charge is 2.17. The van der Waals surface area contributed by atoms with Crippen LogP contribution in [0.2, 0.25) is 0 Å². The lowest BCUT2D eigenvalue weighted by Crippen LogP contribution is -2.31. The smallest absolute Gasteiger partial charge is 0.273 e. The number of nitrogens with one attached hydrogen (secondary N) is 1. The van der Waals surface area contributed by atoms with Crippen molar-refractivity contribution in [1.29, 1.82) is 0 Å². The minimum atomic E-state index is -0.193. The molecule has 7 heteroatoms. The predicted molar refractivity (Wildman–Crippen MR) is 70.4 cm³/mol. The standard InChI is InChI=1S/C11H18N4O2S/c1-7(12)10-14-8(6-18-10)11(17)15(3)5-4-9(16)13-2/h6-7H,4-5,12H2,1-3H3,(H,13,16). The van der Waals surface area contributed by atoms with Crippen molar-refractivity contribution in [2.24, 2.45) is 5.73 Å². The monoisotopic (exact) mass is 270 g/mol. The van der Waals surface area contributed by atoms with Crippen molar-refractivity contribution >= 4 is 23.2 Å². The van der Waals surface area contributed by atoms with Gasteiger partial charge in [-0.05, 0) is 6.92 Å². The number of carbonyl (C=O) groups is 2. The van der Waals surface area contributed by atoms with Crippen LogP contribution in [0.1, 0.15) is 34.9 Å². The molecule has 0 aliphatic carbocycles. The summed E-state index contributed by atoms with van der Waals surface area (Å²) in [4.78, 5) is 28.7. The lowest BCUT2D eigenvalue weighted by atomic mass is 10.3. The number of amides is 2. The van der Waals surface area contributed by atoms with Gasteiger partial charge in [-0.3, -0.25) is 9.59 Å². The minimum Gasteiger partial charge on any atom is -0.359 e. The second kappa shape index (κ2) is 6.46. The predicted octanol–water partition coefficient (Wildman–Crippen LogP) is 0.371. The van der Waals surface area contributed by atoms with E-state index >= 15 is 0 Å². The summed E-state index contributed by atoms with van der Waals surface area (Å²) in [5, 5.41) is 4.94. The van der Waals surface area contributed by atoms with Gasteiger partial charge in [0, 0.05) is 32.4 Å². The third-order valence-corrected chi connectivity index (χ3v) is 3.48. The van der Waals surface area contributed by atoms with Crippen LogP contribution in [-0.4, -0.2) is 42.3 Å². The molecule has 1 heterocycles. The molecule has 1 aromatic rings. The van der Waals surface area contributed by atoms with Crippen LogP contribution in [-0.2, 0) is 4.79 Å². The molecule has 18 heavy (non-hydrogen) atoms. The number of hydrogen-bond donors (Lipinski definition) is 2. The van der Waals surface area contributed by atoms with Gasteiger partial charge in [0.2, 0.25) is 5.91 Å². The number of nitrogens with two attached hydrogens (primary N) is 1. The van der Waals surface area contributed by atoms with E-state index in [1.54, 1.807) is 19.5 Å². The third-order valence-electron chi connectivity index (χ3n) is 2.43. The van der Waals surface area contributed by atoms with Crippen LogP contribution in [0.5, 0.6) is 0 Å². The molecule has 0 bridgehead atoms. The van der Waals surface area contributed by atoms with E-state index in [9.17, 15) is 9.59 Å². The Labute approximate surface area is 110 Å². The van der Waals surface area contributed by atoms with Gasteiger partial charge in [-0.15, -0.1) is 11.3 Å². The molecule has 1 rings (SSSR count). The van der Waals surface area contributed by atoms with E-state index in [2.05, 4.69) is 10.3 Å². The molecule has 0 aliphatic heterocycles. The van der Waals surface area contributed by atoms with Crippen molar-refractivity contribution in [2.45, 2.75) is 19.4 Å². The number of aromatic nitrogens is 1. The third kappa shape index (κ3) is 3.78. The quantitative estimate of drug-likeness (QED) is 0.809. The summed E-state index contributed by atoms with van der Waals surface area (Å²) in [7, 11) is 3.22. The average molecular weight is 270 g/mol. The van der Waals surface area contributed by atoms with Crippen molar-refractivity contribution in [3.8, 4) is 0 Å². The molecular weight excluding hydrogens is 252 g/mol. The molecule has 1 atom stereocenters. The first-order valence-electron chi connectivity index (χ1n) is 5.62. The first kappa shape index (κ1) is 14.6. The summed E-state index contributed by atoms with van der Waals surface area (Å²) in [5.41, 5.74) is 6.07. The van der Waals surface area contributed by atoms with E-state index in [4.69, 9.17) is 5.73 Å². The maximum Gasteiger partial charge on any atom is 0.273 e. The van der Waals surface area contributed by atoms with Gasteiger partial charge >= 0.3 is 0 Å². The molecule has 0 fully saturated rings. The van der Waals surface area contributed by atoms with Gasteiger partial charge in [-0.1, -0.05) is 0 Å². The fourth-order valence-corrected chi connectivity index (χ4v) is 2.04. The van der Waals surface area contributed by atoms with Gasteiger partial charge in [0.05, 0.1) is 6.04 Å². The molecule has 0 saturated heterocycles. The largest absolute Gasteiger partial charge is 0.359 e. The lowest BCUT2D eigenvalue weighted by Gasteiger charge is -2.15. The second-order valence-corrected chi connectivity index (χ2v) is 4.90. The Morgan fingerprint density at radius 2 is 2.28 bits per heavy atom. The van der Waals surface area contributed by atoms with E-state index in [0.717, 1.165) is 5.01 Å². The van der Waals surface area contributed by atoms with Gasteiger partial charge in [0.1, 0.15) is 10.7 Å². The average Bonchev–Trinajstić information content (AvgIpc) is 2.84. The van der Waals surface area contributed by atoms with Crippen molar-refractivity contribution in [3.63, 3.8) is 0 Å². The number of rotatable bonds is 5. The van der Waals surface area contributed by atoms with Crippen LogP contribution in [0.25, 0.3) is 0 Å². The molecule has 1 aromatic heterocycles. The van der Waals surface area contributed by atoms with E-state index in [0.29, 0.717) is 12.2 Å². The Kier molecular flexibility index (Phi) is 5.24. The fraction of sp³-hybridized carbons (Fsp3) is 0.545. The maximum atomic E-state index is 12.0. The molecule has 100 valence electrons. The van der Waals surface area contributed by atoms with Crippen LogP contribution in [0.3, 0.4) is 0 Å². The van der Waals surface area contributed by atoms with Crippen molar-refractivity contribution in [2.75, 3.05) is 20.6 Å². The van der Waals surface area contributed by atoms with Crippen LogP contribution in [0, 0.1) is 0 Å². The molecule has 0 aliphatic rings. The Balaban J connectivity index is 2.59. The highest BCUT2D eigenvalue weighted by Crippen LogP contribution is 2.16. The summed E-state index contributed by atoms with van der Waals surface area (Å²) in [6.07, 6.45) is 0.281. The van der Waals surface area contributed by atoms with E-state index in [1.807, 2.05) is 6.92 Å². The fourth-order valence-electron chi connectivity index (χ4n) is 1.29. The highest BCUT2D eigenvalue weighted by atomic mass is 32.1. The van der Waals surface area contributed by atoms with Crippen LogP contribution >= 0.6 is 11.3 Å². The topological polar surface area (TPSA) is 88.3 Å². The van der Waals surface area contributed by atoms with Crippen molar-refractivity contribution < 1.29 is 9.59 Å². The molecule has 6 nitrogen and oxygen atoms in total. The number of thiazole rings is 1. The summed E-state index contributed by atoms with van der Waals surface area (Å²) in [5.74, 6) is -0.286. The van der Waals surface area contributed by atoms with Crippen molar-refractivity contribution in [3.05, 3.63) is 16.1 Å².